The lowest BCUT2D eigenvalue weighted by Crippen LogP contribution is -2.04. The van der Waals surface area contributed by atoms with E-state index in [0.717, 1.165) is 0 Å². The molecule has 0 aliphatic rings. The van der Waals surface area contributed by atoms with Crippen molar-refractivity contribution in [1.82, 2.24) is 10.2 Å². The second-order valence-electron chi connectivity index (χ2n) is 3.49. The lowest BCUT2D eigenvalue weighted by atomic mass is 10.0. The minimum Gasteiger partial charge on any atom is -0.383 e. The van der Waals surface area contributed by atoms with Crippen LogP contribution < -0.4 is 5.73 Å². The molecule has 0 saturated carbocycles. The Morgan fingerprint density at radius 2 is 2.25 bits per heavy atom. The van der Waals surface area contributed by atoms with Crippen molar-refractivity contribution in [2.75, 3.05) is 5.73 Å². The summed E-state index contributed by atoms with van der Waals surface area (Å²) in [6.45, 7) is 1.60. The summed E-state index contributed by atoms with van der Waals surface area (Å²) >= 11 is 0. The van der Waals surface area contributed by atoms with Gasteiger partial charge >= 0.3 is 0 Å². The summed E-state index contributed by atoms with van der Waals surface area (Å²) in [6.07, 6.45) is 1.36. The van der Waals surface area contributed by atoms with Crippen LogP contribution in [0.3, 0.4) is 0 Å². The molecule has 0 radical (unpaired) electrons. The highest BCUT2D eigenvalue weighted by molar-refractivity contribution is 6.11. The molecular formula is C11H10FN3O. The fraction of sp³-hybridized carbons (Fsp3) is 0.0909. The summed E-state index contributed by atoms with van der Waals surface area (Å²) in [4.78, 5) is 11.9. The molecule has 5 heteroatoms. The van der Waals surface area contributed by atoms with Gasteiger partial charge in [-0.05, 0) is 30.7 Å². The molecule has 4 nitrogen and oxygen atoms in total. The van der Waals surface area contributed by atoms with Crippen molar-refractivity contribution < 1.29 is 9.18 Å². The molecule has 1 heterocycles. The summed E-state index contributed by atoms with van der Waals surface area (Å²) in [5.41, 5.74) is 6.65. The zero-order valence-corrected chi connectivity index (χ0v) is 8.62. The van der Waals surface area contributed by atoms with Gasteiger partial charge in [0.2, 0.25) is 0 Å². The number of H-pyrrole nitrogens is 1. The number of aromatic nitrogens is 2. The maximum Gasteiger partial charge on any atom is 0.198 e. The number of carbonyl (C=O) groups is 1. The van der Waals surface area contributed by atoms with Crippen LogP contribution in [-0.2, 0) is 0 Å². The van der Waals surface area contributed by atoms with Crippen molar-refractivity contribution in [3.8, 4) is 0 Å². The number of aromatic amines is 1. The van der Waals surface area contributed by atoms with E-state index in [9.17, 15) is 9.18 Å². The summed E-state index contributed by atoms with van der Waals surface area (Å²) in [5, 5.41) is 6.14. The quantitative estimate of drug-likeness (QED) is 0.754. The summed E-state index contributed by atoms with van der Waals surface area (Å²) in [6, 6.07) is 4.18. The average Bonchev–Trinajstić information content (AvgIpc) is 2.67. The van der Waals surface area contributed by atoms with Gasteiger partial charge in [0.05, 0.1) is 11.8 Å². The second kappa shape index (κ2) is 3.77. The molecule has 0 aliphatic heterocycles. The van der Waals surface area contributed by atoms with Gasteiger partial charge in [0.25, 0.3) is 0 Å². The monoisotopic (exact) mass is 219 g/mol. The van der Waals surface area contributed by atoms with E-state index in [2.05, 4.69) is 10.2 Å². The molecule has 2 rings (SSSR count). The highest BCUT2D eigenvalue weighted by atomic mass is 19.1. The maximum absolute atomic E-state index is 13.0. The zero-order valence-electron chi connectivity index (χ0n) is 8.62. The van der Waals surface area contributed by atoms with Crippen LogP contribution in [-0.4, -0.2) is 16.0 Å². The number of rotatable bonds is 2. The van der Waals surface area contributed by atoms with Crippen LogP contribution in [0, 0.1) is 12.7 Å². The van der Waals surface area contributed by atoms with Crippen molar-refractivity contribution in [1.29, 1.82) is 0 Å². The third-order valence-electron chi connectivity index (χ3n) is 2.33. The van der Waals surface area contributed by atoms with Crippen LogP contribution in [0.25, 0.3) is 0 Å². The van der Waals surface area contributed by atoms with Gasteiger partial charge in [0, 0.05) is 5.56 Å². The van der Waals surface area contributed by atoms with Gasteiger partial charge in [0.15, 0.2) is 5.78 Å². The Kier molecular flexibility index (Phi) is 2.44. The first-order valence-corrected chi connectivity index (χ1v) is 4.69. The number of nitrogens with one attached hydrogen (secondary N) is 1. The van der Waals surface area contributed by atoms with Crippen molar-refractivity contribution in [3.63, 3.8) is 0 Å². The summed E-state index contributed by atoms with van der Waals surface area (Å²) < 4.78 is 13.0. The van der Waals surface area contributed by atoms with Gasteiger partial charge < -0.3 is 5.73 Å². The SMILES string of the molecule is Cc1cc(C(=O)c2cn[nH]c2N)ccc1F. The van der Waals surface area contributed by atoms with E-state index in [1.165, 1.54) is 24.4 Å². The number of hydrogen-bond acceptors (Lipinski definition) is 3. The molecule has 1 aromatic carbocycles. The number of nitrogens with two attached hydrogens (primary N) is 1. The van der Waals surface area contributed by atoms with E-state index in [0.29, 0.717) is 16.7 Å². The number of ketones is 1. The lowest BCUT2D eigenvalue weighted by molar-refractivity contribution is 0.103. The third kappa shape index (κ3) is 1.67. The maximum atomic E-state index is 13.0. The highest BCUT2D eigenvalue weighted by Gasteiger charge is 2.14. The molecule has 0 amide bonds. The van der Waals surface area contributed by atoms with Crippen LogP contribution >= 0.6 is 0 Å². The minimum absolute atomic E-state index is 0.215. The number of carbonyl (C=O) groups excluding carboxylic acids is 1. The molecule has 3 N–H and O–H groups in total. The van der Waals surface area contributed by atoms with E-state index < -0.39 is 0 Å². The minimum atomic E-state index is -0.336. The number of halogens is 1. The predicted molar refractivity (Wildman–Crippen MR) is 57.6 cm³/mol. The van der Waals surface area contributed by atoms with Crippen LogP contribution in [0.4, 0.5) is 10.2 Å². The van der Waals surface area contributed by atoms with E-state index >= 15 is 0 Å². The van der Waals surface area contributed by atoms with Gasteiger partial charge in [0.1, 0.15) is 11.6 Å². The molecule has 0 spiro atoms. The first kappa shape index (κ1) is 10.4. The number of hydrogen-bond donors (Lipinski definition) is 2. The van der Waals surface area contributed by atoms with Gasteiger partial charge in [-0.2, -0.15) is 5.10 Å². The predicted octanol–water partition coefficient (Wildman–Crippen LogP) is 1.67. The van der Waals surface area contributed by atoms with E-state index in [1.54, 1.807) is 6.92 Å². The number of nitrogens with zero attached hydrogens (tertiary/aromatic N) is 1. The topological polar surface area (TPSA) is 71.8 Å². The first-order chi connectivity index (χ1) is 7.59. The lowest BCUT2D eigenvalue weighted by Gasteiger charge is -2.01. The Morgan fingerprint density at radius 3 is 2.81 bits per heavy atom. The van der Waals surface area contributed by atoms with Gasteiger partial charge in [-0.1, -0.05) is 0 Å². The first-order valence-electron chi connectivity index (χ1n) is 4.69. The van der Waals surface area contributed by atoms with Crippen LogP contribution in [0.5, 0.6) is 0 Å². The van der Waals surface area contributed by atoms with E-state index in [1.807, 2.05) is 0 Å². The summed E-state index contributed by atoms with van der Waals surface area (Å²) in [7, 11) is 0. The van der Waals surface area contributed by atoms with Crippen LogP contribution in [0.1, 0.15) is 21.5 Å². The number of anilines is 1. The Balaban J connectivity index is 2.42. The van der Waals surface area contributed by atoms with Gasteiger partial charge in [-0.25, -0.2) is 4.39 Å². The second-order valence-corrected chi connectivity index (χ2v) is 3.49. The molecule has 0 bridgehead atoms. The van der Waals surface area contributed by atoms with Crippen molar-refractivity contribution in [2.45, 2.75) is 6.92 Å². The molecule has 0 aliphatic carbocycles. The Morgan fingerprint density at radius 1 is 1.50 bits per heavy atom. The number of benzene rings is 1. The summed E-state index contributed by atoms with van der Waals surface area (Å²) in [5.74, 6) is -0.391. The number of aryl methyl sites for hydroxylation is 1. The van der Waals surface area contributed by atoms with Crippen LogP contribution in [0.15, 0.2) is 24.4 Å². The molecule has 82 valence electrons. The van der Waals surface area contributed by atoms with Crippen molar-refractivity contribution in [3.05, 3.63) is 46.9 Å². The largest absolute Gasteiger partial charge is 0.383 e. The van der Waals surface area contributed by atoms with E-state index in [-0.39, 0.29) is 17.4 Å². The third-order valence-corrected chi connectivity index (χ3v) is 2.33. The standard InChI is InChI=1S/C11H10FN3O/c1-6-4-7(2-3-9(6)12)10(16)8-5-14-15-11(8)13/h2-5H,1H3,(H3,13,14,15). The molecule has 0 saturated heterocycles. The van der Waals surface area contributed by atoms with Crippen LogP contribution in [0.2, 0.25) is 0 Å². The molecule has 16 heavy (non-hydrogen) atoms. The fourth-order valence-electron chi connectivity index (χ4n) is 1.42. The molecule has 0 unspecified atom stereocenters. The Hall–Kier alpha value is -2.17. The average molecular weight is 219 g/mol. The molecule has 0 atom stereocenters. The molecular weight excluding hydrogens is 209 g/mol. The zero-order chi connectivity index (χ0) is 11.7. The fourth-order valence-corrected chi connectivity index (χ4v) is 1.42. The number of nitrogen functional groups attached to an aromatic ring is 1. The van der Waals surface area contributed by atoms with Crippen molar-refractivity contribution >= 4 is 11.6 Å². The van der Waals surface area contributed by atoms with E-state index in [4.69, 9.17) is 5.73 Å². The highest BCUT2D eigenvalue weighted by Crippen LogP contribution is 2.16. The normalized spacial score (nSPS) is 10.4. The van der Waals surface area contributed by atoms with Gasteiger partial charge in [-0.3, -0.25) is 9.89 Å². The van der Waals surface area contributed by atoms with Crippen molar-refractivity contribution in [2.24, 2.45) is 0 Å². The molecule has 0 fully saturated rings. The Bertz CT molecular complexity index is 548. The smallest absolute Gasteiger partial charge is 0.198 e. The molecule has 2 aromatic rings. The van der Waals surface area contributed by atoms with Gasteiger partial charge in [-0.15, -0.1) is 0 Å². The Labute approximate surface area is 91.3 Å². The molecule has 1 aromatic heterocycles.